The SMILES string of the molecule is COCc1ccc(Cl)cc1C1(C(C)N)CC1. The highest BCUT2D eigenvalue weighted by molar-refractivity contribution is 6.30. The van der Waals surface area contributed by atoms with E-state index < -0.39 is 0 Å². The lowest BCUT2D eigenvalue weighted by molar-refractivity contribution is 0.183. The van der Waals surface area contributed by atoms with Crippen LogP contribution in [0.4, 0.5) is 0 Å². The fraction of sp³-hybridized carbons (Fsp3) is 0.538. The number of halogens is 1. The molecule has 2 nitrogen and oxygen atoms in total. The van der Waals surface area contributed by atoms with Gasteiger partial charge in [0.1, 0.15) is 0 Å². The van der Waals surface area contributed by atoms with Crippen molar-refractivity contribution in [1.82, 2.24) is 0 Å². The normalized spacial score (nSPS) is 19.5. The Morgan fingerprint density at radius 2 is 2.19 bits per heavy atom. The summed E-state index contributed by atoms with van der Waals surface area (Å²) in [6, 6.07) is 6.17. The second kappa shape index (κ2) is 4.36. The number of hydrogen-bond acceptors (Lipinski definition) is 2. The third kappa shape index (κ3) is 1.97. The third-order valence-corrected chi connectivity index (χ3v) is 3.80. The average Bonchev–Trinajstić information content (AvgIpc) is 3.02. The molecule has 1 saturated carbocycles. The molecule has 0 aliphatic heterocycles. The van der Waals surface area contributed by atoms with Crippen LogP contribution in [0.15, 0.2) is 18.2 Å². The van der Waals surface area contributed by atoms with Crippen LogP contribution in [0.3, 0.4) is 0 Å². The zero-order valence-corrected chi connectivity index (χ0v) is 10.6. The fourth-order valence-corrected chi connectivity index (χ4v) is 2.57. The van der Waals surface area contributed by atoms with Crippen molar-refractivity contribution in [2.75, 3.05) is 7.11 Å². The molecule has 0 aromatic heterocycles. The Balaban J connectivity index is 2.42. The van der Waals surface area contributed by atoms with Crippen molar-refractivity contribution in [3.8, 4) is 0 Å². The molecule has 3 heteroatoms. The number of methoxy groups -OCH3 is 1. The minimum atomic E-state index is 0.138. The number of ether oxygens (including phenoxy) is 1. The van der Waals surface area contributed by atoms with E-state index in [4.69, 9.17) is 22.1 Å². The van der Waals surface area contributed by atoms with E-state index in [-0.39, 0.29) is 11.5 Å². The molecule has 0 heterocycles. The van der Waals surface area contributed by atoms with E-state index in [9.17, 15) is 0 Å². The van der Waals surface area contributed by atoms with Gasteiger partial charge in [0.15, 0.2) is 0 Å². The van der Waals surface area contributed by atoms with E-state index in [0.717, 1.165) is 17.9 Å². The summed E-state index contributed by atoms with van der Waals surface area (Å²) in [5.41, 5.74) is 8.72. The smallest absolute Gasteiger partial charge is 0.0715 e. The summed E-state index contributed by atoms with van der Waals surface area (Å²) < 4.78 is 5.23. The highest BCUT2D eigenvalue weighted by Crippen LogP contribution is 2.51. The van der Waals surface area contributed by atoms with Gasteiger partial charge in [0.2, 0.25) is 0 Å². The fourth-order valence-electron chi connectivity index (χ4n) is 2.40. The Labute approximate surface area is 102 Å². The Hall–Kier alpha value is -0.570. The van der Waals surface area contributed by atoms with Gasteiger partial charge in [-0.05, 0) is 43.0 Å². The summed E-state index contributed by atoms with van der Waals surface area (Å²) in [5, 5.41) is 0.779. The van der Waals surface area contributed by atoms with Gasteiger partial charge in [-0.15, -0.1) is 0 Å². The summed E-state index contributed by atoms with van der Waals surface area (Å²) in [6.07, 6.45) is 2.31. The molecule has 1 aromatic carbocycles. The van der Waals surface area contributed by atoms with Crippen molar-refractivity contribution in [1.29, 1.82) is 0 Å². The molecule has 0 saturated heterocycles. The maximum absolute atomic E-state index is 6.10. The van der Waals surface area contributed by atoms with Crippen LogP contribution < -0.4 is 5.73 Å². The molecule has 2 rings (SSSR count). The molecular formula is C13H18ClNO. The van der Waals surface area contributed by atoms with E-state index in [2.05, 4.69) is 6.92 Å². The first-order valence-corrected chi connectivity index (χ1v) is 6.01. The Bertz CT molecular complexity index is 386. The quantitative estimate of drug-likeness (QED) is 0.877. The lowest BCUT2D eigenvalue weighted by Crippen LogP contribution is -2.32. The number of rotatable bonds is 4. The van der Waals surface area contributed by atoms with Crippen LogP contribution in [0.1, 0.15) is 30.9 Å². The van der Waals surface area contributed by atoms with Gasteiger partial charge >= 0.3 is 0 Å². The van der Waals surface area contributed by atoms with Crippen LogP contribution in [0, 0.1) is 0 Å². The molecule has 1 aliphatic carbocycles. The largest absolute Gasteiger partial charge is 0.380 e. The molecular weight excluding hydrogens is 222 g/mol. The second-order valence-electron chi connectivity index (χ2n) is 4.68. The molecule has 1 aliphatic rings. The molecule has 0 amide bonds. The van der Waals surface area contributed by atoms with Crippen molar-refractivity contribution >= 4 is 11.6 Å². The van der Waals surface area contributed by atoms with Crippen LogP contribution in [-0.4, -0.2) is 13.2 Å². The predicted octanol–water partition coefficient (Wildman–Crippen LogP) is 2.87. The molecule has 16 heavy (non-hydrogen) atoms. The van der Waals surface area contributed by atoms with Crippen LogP contribution in [-0.2, 0) is 16.8 Å². The van der Waals surface area contributed by atoms with Crippen LogP contribution in [0.5, 0.6) is 0 Å². The maximum atomic E-state index is 6.10. The predicted molar refractivity (Wildman–Crippen MR) is 66.7 cm³/mol. The molecule has 0 radical (unpaired) electrons. The highest BCUT2D eigenvalue weighted by Gasteiger charge is 2.48. The molecule has 1 fully saturated rings. The van der Waals surface area contributed by atoms with Gasteiger partial charge in [0.25, 0.3) is 0 Å². The summed E-state index contributed by atoms with van der Waals surface area (Å²) in [5.74, 6) is 0. The number of hydrogen-bond donors (Lipinski definition) is 1. The second-order valence-corrected chi connectivity index (χ2v) is 5.12. The third-order valence-electron chi connectivity index (χ3n) is 3.57. The molecule has 88 valence electrons. The molecule has 0 spiro atoms. The molecule has 0 bridgehead atoms. The van der Waals surface area contributed by atoms with E-state index in [0.29, 0.717) is 6.61 Å². The topological polar surface area (TPSA) is 35.2 Å². The first-order chi connectivity index (χ1) is 7.60. The summed E-state index contributed by atoms with van der Waals surface area (Å²) in [4.78, 5) is 0. The van der Waals surface area contributed by atoms with E-state index in [1.165, 1.54) is 11.1 Å². The standard InChI is InChI=1S/C13H18ClNO/c1-9(15)13(5-6-13)12-7-11(14)4-3-10(12)8-16-2/h3-4,7,9H,5-6,8,15H2,1-2H3. The van der Waals surface area contributed by atoms with E-state index >= 15 is 0 Å². The van der Waals surface area contributed by atoms with Crippen molar-refractivity contribution in [2.45, 2.75) is 37.8 Å². The Morgan fingerprint density at radius 1 is 1.50 bits per heavy atom. The monoisotopic (exact) mass is 239 g/mol. The van der Waals surface area contributed by atoms with E-state index in [1.54, 1.807) is 7.11 Å². The lowest BCUT2D eigenvalue weighted by Gasteiger charge is -2.23. The summed E-state index contributed by atoms with van der Waals surface area (Å²) in [6.45, 7) is 2.70. The van der Waals surface area contributed by atoms with Gasteiger partial charge in [0.05, 0.1) is 6.61 Å². The van der Waals surface area contributed by atoms with Gasteiger partial charge in [-0.2, -0.15) is 0 Å². The maximum Gasteiger partial charge on any atom is 0.0715 e. The average molecular weight is 240 g/mol. The van der Waals surface area contributed by atoms with Crippen molar-refractivity contribution in [2.24, 2.45) is 5.73 Å². The Morgan fingerprint density at radius 3 is 2.69 bits per heavy atom. The zero-order valence-electron chi connectivity index (χ0n) is 9.79. The highest BCUT2D eigenvalue weighted by atomic mass is 35.5. The first kappa shape index (κ1) is 11.9. The van der Waals surface area contributed by atoms with Crippen molar-refractivity contribution < 1.29 is 4.74 Å². The summed E-state index contributed by atoms with van der Waals surface area (Å²) in [7, 11) is 1.71. The van der Waals surface area contributed by atoms with Gasteiger partial charge in [-0.3, -0.25) is 0 Å². The molecule has 2 N–H and O–H groups in total. The molecule has 1 unspecified atom stereocenters. The molecule has 1 aromatic rings. The van der Waals surface area contributed by atoms with E-state index in [1.807, 2.05) is 18.2 Å². The Kier molecular flexibility index (Phi) is 3.24. The number of benzene rings is 1. The van der Waals surface area contributed by atoms with Gasteiger partial charge in [0, 0.05) is 23.6 Å². The first-order valence-electron chi connectivity index (χ1n) is 5.63. The van der Waals surface area contributed by atoms with Crippen molar-refractivity contribution in [3.05, 3.63) is 34.3 Å². The lowest BCUT2D eigenvalue weighted by atomic mass is 9.86. The van der Waals surface area contributed by atoms with Crippen molar-refractivity contribution in [3.63, 3.8) is 0 Å². The molecule has 1 atom stereocenters. The van der Waals surface area contributed by atoms with Gasteiger partial charge in [-0.1, -0.05) is 17.7 Å². The van der Waals surface area contributed by atoms with Crippen LogP contribution in [0.25, 0.3) is 0 Å². The van der Waals surface area contributed by atoms with Gasteiger partial charge in [-0.25, -0.2) is 0 Å². The summed E-state index contributed by atoms with van der Waals surface area (Å²) >= 11 is 6.07. The number of nitrogens with two attached hydrogens (primary N) is 1. The van der Waals surface area contributed by atoms with Crippen LogP contribution >= 0.6 is 11.6 Å². The zero-order chi connectivity index (χ0) is 11.8. The minimum absolute atomic E-state index is 0.138. The van der Waals surface area contributed by atoms with Crippen LogP contribution in [0.2, 0.25) is 5.02 Å². The van der Waals surface area contributed by atoms with Gasteiger partial charge < -0.3 is 10.5 Å². The minimum Gasteiger partial charge on any atom is -0.380 e.